The summed E-state index contributed by atoms with van der Waals surface area (Å²) in [4.78, 5) is 10.3. The molecule has 1 N–H and O–H groups in total. The average Bonchev–Trinajstić information content (AvgIpc) is 2.47. The van der Waals surface area contributed by atoms with Crippen molar-refractivity contribution >= 4 is 5.97 Å². The van der Waals surface area contributed by atoms with Crippen LogP contribution in [0.4, 0.5) is 0 Å². The van der Waals surface area contributed by atoms with Gasteiger partial charge in [0, 0.05) is 0 Å². The van der Waals surface area contributed by atoms with Gasteiger partial charge in [-0.25, -0.2) is 0 Å². The predicted molar refractivity (Wildman–Crippen MR) is 85.7 cm³/mol. The van der Waals surface area contributed by atoms with Gasteiger partial charge in [0.1, 0.15) is 0 Å². The smallest absolute Gasteiger partial charge is 0.547 e. The van der Waals surface area contributed by atoms with Crippen molar-refractivity contribution in [1.29, 1.82) is 0 Å². The number of allylic oxidation sites excluding steroid dienone is 6. The Labute approximate surface area is 178 Å². The maximum absolute atomic E-state index is 10.3. The number of hydrogen-bond donors (Lipinski definition) is 1. The molecule has 0 aromatic carbocycles. The van der Waals surface area contributed by atoms with E-state index in [0.717, 1.165) is 19.3 Å². The second-order valence-electron chi connectivity index (χ2n) is 5.15. The normalized spacial score (nSPS) is 13.0. The summed E-state index contributed by atoms with van der Waals surface area (Å²) in [6.07, 6.45) is 20.1. The zero-order chi connectivity index (χ0) is 15.8. The Kier molecular flexibility index (Phi) is 21.6. The van der Waals surface area contributed by atoms with Gasteiger partial charge in [-0.1, -0.05) is 56.2 Å². The summed E-state index contributed by atoms with van der Waals surface area (Å²) >= 11 is 0. The fourth-order valence-corrected chi connectivity index (χ4v) is 1.84. The summed E-state index contributed by atoms with van der Waals surface area (Å²) in [5.41, 5.74) is 0. The van der Waals surface area contributed by atoms with Crippen molar-refractivity contribution < 1.29 is 66.4 Å². The molecule has 0 fully saturated rings. The third-order valence-corrected chi connectivity index (χ3v) is 3.14. The Morgan fingerprint density at radius 3 is 1.95 bits per heavy atom. The molecule has 3 nitrogen and oxygen atoms in total. The van der Waals surface area contributed by atoms with Gasteiger partial charge in [0.2, 0.25) is 0 Å². The number of aliphatic carboxylic acids is 1. The van der Waals surface area contributed by atoms with E-state index in [1.165, 1.54) is 25.7 Å². The molecule has 0 bridgehead atoms. The van der Waals surface area contributed by atoms with E-state index < -0.39 is 12.1 Å². The predicted octanol–water partition coefficient (Wildman–Crippen LogP) is 0.301. The number of unbranched alkanes of at least 4 members (excludes halogenated alkanes) is 4. The molecule has 0 saturated carbocycles. The number of rotatable bonds is 13. The van der Waals surface area contributed by atoms with Gasteiger partial charge >= 0.3 is 51.4 Å². The van der Waals surface area contributed by atoms with E-state index in [1.54, 1.807) is 0 Å². The monoisotopic (exact) mass is 332 g/mol. The first-order valence-electron chi connectivity index (χ1n) is 8.02. The summed E-state index contributed by atoms with van der Waals surface area (Å²) in [6.45, 7) is 2.21. The van der Waals surface area contributed by atoms with E-state index >= 15 is 0 Å². The van der Waals surface area contributed by atoms with Crippen LogP contribution in [0.1, 0.15) is 64.7 Å². The van der Waals surface area contributed by atoms with Crippen LogP contribution >= 0.6 is 0 Å². The first-order chi connectivity index (χ1) is 10.2. The molecular formula is C18H29KO3. The van der Waals surface area contributed by atoms with Gasteiger partial charge in [0.05, 0.1) is 12.1 Å². The number of carbonyl (C=O) groups excluding carboxylic acids is 1. The van der Waals surface area contributed by atoms with Gasteiger partial charge in [-0.2, -0.15) is 0 Å². The number of hydrogen-bond acceptors (Lipinski definition) is 3. The molecule has 1 atom stereocenters. The Morgan fingerprint density at radius 2 is 1.45 bits per heavy atom. The molecule has 0 aromatic heterocycles. The van der Waals surface area contributed by atoms with Crippen molar-refractivity contribution in [1.82, 2.24) is 0 Å². The van der Waals surface area contributed by atoms with Gasteiger partial charge in [0.25, 0.3) is 0 Å². The maximum Gasteiger partial charge on any atom is 1.00 e. The molecule has 120 valence electrons. The van der Waals surface area contributed by atoms with Crippen LogP contribution in [0.5, 0.6) is 0 Å². The third-order valence-electron chi connectivity index (χ3n) is 3.14. The molecule has 1 unspecified atom stereocenters. The zero-order valence-electron chi connectivity index (χ0n) is 14.2. The van der Waals surface area contributed by atoms with Gasteiger partial charge in [-0.15, -0.1) is 0 Å². The SMILES string of the molecule is CCCCC/C=C\C/C=C\C/C=C\CCCC(O)C(=O)[O-].[K+]. The molecule has 0 rings (SSSR count). The van der Waals surface area contributed by atoms with Gasteiger partial charge in [0.15, 0.2) is 0 Å². The fraction of sp³-hybridized carbons (Fsp3) is 0.611. The molecule has 0 heterocycles. The van der Waals surface area contributed by atoms with E-state index in [9.17, 15) is 9.90 Å². The van der Waals surface area contributed by atoms with E-state index in [0.29, 0.717) is 6.42 Å². The minimum Gasteiger partial charge on any atom is -0.547 e. The quantitative estimate of drug-likeness (QED) is 0.300. The molecule has 0 spiro atoms. The van der Waals surface area contributed by atoms with Crippen LogP contribution in [0.15, 0.2) is 36.5 Å². The standard InChI is InChI=1S/C18H30O3.K/c1-2-3-4-5-6-7-8-9-10-11-12-13-14-15-16-17(19)18(20)21;/h6-7,9-10,12-13,17,19H,2-5,8,11,14-16H2,1H3,(H,20,21);/q;+1/p-1/b7-6-,10-9-,13-12-;. The maximum atomic E-state index is 10.3. The van der Waals surface area contributed by atoms with Crippen LogP contribution in [0.2, 0.25) is 0 Å². The average molecular weight is 333 g/mol. The van der Waals surface area contributed by atoms with E-state index in [2.05, 4.69) is 37.3 Å². The van der Waals surface area contributed by atoms with Crippen molar-refractivity contribution in [2.24, 2.45) is 0 Å². The molecule has 0 aliphatic heterocycles. The number of aliphatic hydroxyl groups is 1. The fourth-order valence-electron chi connectivity index (χ4n) is 1.84. The number of carbonyl (C=O) groups is 1. The summed E-state index contributed by atoms with van der Waals surface area (Å²) in [5, 5.41) is 19.3. The largest absolute Gasteiger partial charge is 1.00 e. The second kappa shape index (κ2) is 19.3. The zero-order valence-corrected chi connectivity index (χ0v) is 17.3. The number of carboxylic acids is 1. The van der Waals surface area contributed by atoms with Crippen LogP contribution in [-0.2, 0) is 4.79 Å². The summed E-state index contributed by atoms with van der Waals surface area (Å²) in [6, 6.07) is 0. The van der Waals surface area contributed by atoms with Crippen molar-refractivity contribution in [3.05, 3.63) is 36.5 Å². The van der Waals surface area contributed by atoms with Gasteiger partial charge in [-0.3, -0.25) is 0 Å². The van der Waals surface area contributed by atoms with Crippen molar-refractivity contribution in [2.75, 3.05) is 0 Å². The van der Waals surface area contributed by atoms with Crippen LogP contribution in [0.3, 0.4) is 0 Å². The van der Waals surface area contributed by atoms with Crippen LogP contribution < -0.4 is 56.5 Å². The van der Waals surface area contributed by atoms with Gasteiger partial charge < -0.3 is 15.0 Å². The minimum absolute atomic E-state index is 0. The van der Waals surface area contributed by atoms with Crippen molar-refractivity contribution in [3.8, 4) is 0 Å². The first-order valence-corrected chi connectivity index (χ1v) is 8.02. The molecule has 22 heavy (non-hydrogen) atoms. The molecule has 0 aliphatic rings. The Bertz CT molecular complexity index is 335. The summed E-state index contributed by atoms with van der Waals surface area (Å²) in [5.74, 6) is -1.38. The van der Waals surface area contributed by atoms with E-state index in [-0.39, 0.29) is 57.8 Å². The topological polar surface area (TPSA) is 60.4 Å². The van der Waals surface area contributed by atoms with Crippen molar-refractivity contribution in [3.63, 3.8) is 0 Å². The Morgan fingerprint density at radius 1 is 0.955 bits per heavy atom. The molecule has 0 amide bonds. The molecule has 0 radical (unpaired) electrons. The second-order valence-corrected chi connectivity index (χ2v) is 5.15. The third kappa shape index (κ3) is 18.3. The first kappa shape index (κ1) is 24.5. The molecular weight excluding hydrogens is 303 g/mol. The molecule has 0 aliphatic carbocycles. The van der Waals surface area contributed by atoms with Crippen molar-refractivity contribution in [2.45, 2.75) is 70.8 Å². The summed E-state index contributed by atoms with van der Waals surface area (Å²) < 4.78 is 0. The van der Waals surface area contributed by atoms with Crippen LogP contribution in [-0.4, -0.2) is 17.2 Å². The van der Waals surface area contributed by atoms with Gasteiger partial charge in [-0.05, 0) is 44.9 Å². The molecule has 4 heteroatoms. The molecule has 0 saturated heterocycles. The van der Waals surface area contributed by atoms with E-state index in [1.807, 2.05) is 6.08 Å². The minimum atomic E-state index is -1.38. The molecule has 0 aromatic rings. The Balaban J connectivity index is 0. The Hall–Kier alpha value is 0.286. The van der Waals surface area contributed by atoms with Crippen LogP contribution in [0.25, 0.3) is 0 Å². The van der Waals surface area contributed by atoms with Crippen LogP contribution in [0, 0.1) is 0 Å². The number of aliphatic hydroxyl groups excluding tert-OH is 1. The van der Waals surface area contributed by atoms with E-state index in [4.69, 9.17) is 5.11 Å². The summed E-state index contributed by atoms with van der Waals surface area (Å²) in [7, 11) is 0. The number of carboxylic acid groups (broad SMARTS) is 1.